The monoisotopic (exact) mass is 255 g/mol. The summed E-state index contributed by atoms with van der Waals surface area (Å²) in [6.45, 7) is 6.04. The smallest absolute Gasteiger partial charge is 0.339 e. The quantitative estimate of drug-likeness (QED) is 0.787. The molecule has 0 amide bonds. The van der Waals surface area contributed by atoms with Crippen LogP contribution in [0.3, 0.4) is 0 Å². The summed E-state index contributed by atoms with van der Waals surface area (Å²) in [5, 5.41) is 0. The van der Waals surface area contributed by atoms with Gasteiger partial charge in [-0.05, 0) is 32.9 Å². The van der Waals surface area contributed by atoms with Crippen LogP contribution < -0.4 is 0 Å². The molecule has 0 unspecified atom stereocenters. The summed E-state index contributed by atoms with van der Waals surface area (Å²) < 4.78 is 4.99. The minimum absolute atomic E-state index is 0.317. The number of benzene rings is 1. The van der Waals surface area contributed by atoms with Gasteiger partial charge in [-0.25, -0.2) is 4.79 Å². The van der Waals surface area contributed by atoms with Gasteiger partial charge in [0.1, 0.15) is 0 Å². The zero-order valence-electron chi connectivity index (χ0n) is 11.4. The third-order valence-corrected chi connectivity index (χ3v) is 2.93. The molecule has 0 atom stereocenters. The highest BCUT2D eigenvalue weighted by Crippen LogP contribution is 2.19. The Hall–Kier alpha value is -2.16. The maximum absolute atomic E-state index is 11.7. The molecular formula is C16H17NO2. The first-order valence-electron chi connectivity index (χ1n) is 6.33. The Kier molecular flexibility index (Phi) is 3.95. The Morgan fingerprint density at radius 3 is 2.37 bits per heavy atom. The molecule has 2 aromatic rings. The summed E-state index contributed by atoms with van der Waals surface area (Å²) in [5.74, 6) is -0.317. The van der Waals surface area contributed by atoms with E-state index in [1.54, 1.807) is 13.0 Å². The number of hydrogen-bond donors (Lipinski definition) is 0. The molecule has 0 aliphatic rings. The van der Waals surface area contributed by atoms with E-state index < -0.39 is 0 Å². The van der Waals surface area contributed by atoms with Gasteiger partial charge in [-0.15, -0.1) is 0 Å². The normalized spacial score (nSPS) is 10.3. The molecule has 0 bridgehead atoms. The lowest BCUT2D eigenvalue weighted by Crippen LogP contribution is -2.08. The molecule has 3 nitrogen and oxygen atoms in total. The summed E-state index contributed by atoms with van der Waals surface area (Å²) in [4.78, 5) is 16.2. The molecule has 19 heavy (non-hydrogen) atoms. The molecule has 0 saturated heterocycles. The van der Waals surface area contributed by atoms with Crippen molar-refractivity contribution in [2.75, 3.05) is 6.61 Å². The van der Waals surface area contributed by atoms with Crippen molar-refractivity contribution in [2.45, 2.75) is 20.8 Å². The first-order chi connectivity index (χ1) is 9.11. The van der Waals surface area contributed by atoms with Gasteiger partial charge in [-0.3, -0.25) is 4.98 Å². The van der Waals surface area contributed by atoms with Gasteiger partial charge >= 0.3 is 5.97 Å². The van der Waals surface area contributed by atoms with E-state index in [0.717, 1.165) is 11.3 Å². The molecule has 98 valence electrons. The average Bonchev–Trinajstić information content (AvgIpc) is 2.39. The first-order valence-corrected chi connectivity index (χ1v) is 6.33. The second-order valence-corrected chi connectivity index (χ2v) is 4.42. The second kappa shape index (κ2) is 5.65. The Balaban J connectivity index is 2.33. The summed E-state index contributed by atoms with van der Waals surface area (Å²) in [6, 6.07) is 11.8. The van der Waals surface area contributed by atoms with Crippen LogP contribution in [0.1, 0.15) is 28.5 Å². The first kappa shape index (κ1) is 13.3. The van der Waals surface area contributed by atoms with Crippen LogP contribution in [0.15, 0.2) is 36.4 Å². The molecule has 0 spiro atoms. The minimum atomic E-state index is -0.317. The number of carbonyl (C=O) groups excluding carboxylic acids is 1. The van der Waals surface area contributed by atoms with Crippen molar-refractivity contribution < 1.29 is 9.53 Å². The van der Waals surface area contributed by atoms with E-state index in [4.69, 9.17) is 4.74 Å². The third-order valence-electron chi connectivity index (χ3n) is 2.93. The van der Waals surface area contributed by atoms with E-state index in [9.17, 15) is 4.79 Å². The largest absolute Gasteiger partial charge is 0.462 e. The number of nitrogens with zero attached hydrogens (tertiary/aromatic N) is 1. The van der Waals surface area contributed by atoms with E-state index in [-0.39, 0.29) is 5.97 Å². The fourth-order valence-corrected chi connectivity index (χ4v) is 1.87. The molecule has 1 heterocycles. The van der Waals surface area contributed by atoms with Gasteiger partial charge in [-0.2, -0.15) is 0 Å². The summed E-state index contributed by atoms with van der Waals surface area (Å²) in [5.41, 5.74) is 4.34. The van der Waals surface area contributed by atoms with Crippen LogP contribution in [0.25, 0.3) is 11.3 Å². The van der Waals surface area contributed by atoms with E-state index in [1.165, 1.54) is 5.56 Å². The topological polar surface area (TPSA) is 39.2 Å². The van der Waals surface area contributed by atoms with E-state index >= 15 is 0 Å². The zero-order valence-corrected chi connectivity index (χ0v) is 11.4. The standard InChI is InChI=1S/C16H17NO2/c1-4-19-16(18)14-9-10-15(17-12(14)3)13-7-5-11(2)6-8-13/h5-10H,4H2,1-3H3. The number of aryl methyl sites for hydroxylation is 2. The van der Waals surface area contributed by atoms with Gasteiger partial charge in [0.2, 0.25) is 0 Å². The van der Waals surface area contributed by atoms with E-state index in [1.807, 2.05) is 44.2 Å². The predicted octanol–water partition coefficient (Wildman–Crippen LogP) is 3.54. The fraction of sp³-hybridized carbons (Fsp3) is 0.250. The summed E-state index contributed by atoms with van der Waals surface area (Å²) >= 11 is 0. The van der Waals surface area contributed by atoms with Crippen molar-refractivity contribution in [1.29, 1.82) is 0 Å². The van der Waals surface area contributed by atoms with Crippen molar-refractivity contribution in [3.63, 3.8) is 0 Å². The van der Waals surface area contributed by atoms with Gasteiger partial charge < -0.3 is 4.74 Å². The van der Waals surface area contributed by atoms with Gasteiger partial charge in [-0.1, -0.05) is 29.8 Å². The number of hydrogen-bond acceptors (Lipinski definition) is 3. The predicted molar refractivity (Wildman–Crippen MR) is 75.1 cm³/mol. The second-order valence-electron chi connectivity index (χ2n) is 4.42. The molecule has 0 fully saturated rings. The van der Waals surface area contributed by atoms with Crippen molar-refractivity contribution in [3.8, 4) is 11.3 Å². The number of carbonyl (C=O) groups is 1. The van der Waals surface area contributed by atoms with Crippen molar-refractivity contribution in [3.05, 3.63) is 53.2 Å². The molecule has 0 N–H and O–H groups in total. The molecule has 1 aromatic carbocycles. The Morgan fingerprint density at radius 1 is 1.11 bits per heavy atom. The molecule has 2 rings (SSSR count). The lowest BCUT2D eigenvalue weighted by Gasteiger charge is -2.07. The van der Waals surface area contributed by atoms with E-state index in [2.05, 4.69) is 4.98 Å². The number of aromatic nitrogens is 1. The fourth-order valence-electron chi connectivity index (χ4n) is 1.87. The molecule has 3 heteroatoms. The highest BCUT2D eigenvalue weighted by molar-refractivity contribution is 5.90. The van der Waals surface area contributed by atoms with Gasteiger partial charge in [0.25, 0.3) is 0 Å². The van der Waals surface area contributed by atoms with Crippen LogP contribution in [-0.4, -0.2) is 17.6 Å². The summed E-state index contributed by atoms with van der Waals surface area (Å²) in [6.07, 6.45) is 0. The van der Waals surface area contributed by atoms with Crippen LogP contribution in [0.2, 0.25) is 0 Å². The number of esters is 1. The highest BCUT2D eigenvalue weighted by Gasteiger charge is 2.11. The molecule has 0 aliphatic heterocycles. The van der Waals surface area contributed by atoms with Crippen LogP contribution >= 0.6 is 0 Å². The van der Waals surface area contributed by atoms with Crippen molar-refractivity contribution in [2.24, 2.45) is 0 Å². The van der Waals surface area contributed by atoms with Crippen LogP contribution in [0.4, 0.5) is 0 Å². The molecule has 1 aromatic heterocycles. The SMILES string of the molecule is CCOC(=O)c1ccc(-c2ccc(C)cc2)nc1C. The summed E-state index contributed by atoms with van der Waals surface area (Å²) in [7, 11) is 0. The Bertz CT molecular complexity index is 588. The number of rotatable bonds is 3. The minimum Gasteiger partial charge on any atom is -0.462 e. The molecule has 0 aliphatic carbocycles. The van der Waals surface area contributed by atoms with Crippen molar-refractivity contribution >= 4 is 5.97 Å². The Labute approximate surface area is 113 Å². The van der Waals surface area contributed by atoms with Gasteiger partial charge in [0, 0.05) is 5.56 Å². The number of ether oxygens (including phenoxy) is 1. The molecule has 0 radical (unpaired) electrons. The van der Waals surface area contributed by atoms with Crippen LogP contribution in [-0.2, 0) is 4.74 Å². The van der Waals surface area contributed by atoms with Crippen LogP contribution in [0, 0.1) is 13.8 Å². The third kappa shape index (κ3) is 2.99. The Morgan fingerprint density at radius 2 is 1.79 bits per heavy atom. The van der Waals surface area contributed by atoms with Crippen molar-refractivity contribution in [1.82, 2.24) is 4.98 Å². The maximum atomic E-state index is 11.7. The van der Waals surface area contributed by atoms with Crippen LogP contribution in [0.5, 0.6) is 0 Å². The van der Waals surface area contributed by atoms with Gasteiger partial charge in [0.05, 0.1) is 23.6 Å². The number of pyridine rings is 1. The highest BCUT2D eigenvalue weighted by atomic mass is 16.5. The lowest BCUT2D eigenvalue weighted by molar-refractivity contribution is 0.0525. The van der Waals surface area contributed by atoms with E-state index in [0.29, 0.717) is 17.9 Å². The van der Waals surface area contributed by atoms with Gasteiger partial charge in [0.15, 0.2) is 0 Å². The zero-order chi connectivity index (χ0) is 13.8. The maximum Gasteiger partial charge on any atom is 0.339 e. The molecule has 0 saturated carbocycles. The lowest BCUT2D eigenvalue weighted by atomic mass is 10.1. The average molecular weight is 255 g/mol. The molecular weight excluding hydrogens is 238 g/mol.